The number of nitrogens with zero attached hydrogens (tertiary/aromatic N) is 3. The highest BCUT2D eigenvalue weighted by atomic mass is 16.3. The number of nitriles is 1. The van der Waals surface area contributed by atoms with Gasteiger partial charge in [0, 0.05) is 12.1 Å². The van der Waals surface area contributed by atoms with Crippen LogP contribution in [0.4, 0.5) is 0 Å². The van der Waals surface area contributed by atoms with Gasteiger partial charge >= 0.3 is 0 Å². The molecule has 4 aliphatic carbocycles. The zero-order chi connectivity index (χ0) is 22.0. The van der Waals surface area contributed by atoms with Crippen LogP contribution in [-0.4, -0.2) is 26.3 Å². The van der Waals surface area contributed by atoms with Gasteiger partial charge in [-0.15, -0.1) is 0 Å². The number of aliphatic hydroxyl groups is 1. The standard InChI is InChI=1S/C26H37N3O2/c1-24(31)10-11-25(2)18(12-24)4-5-19-20-6-7-22(26(20,3)9-8-21(19)25)23(30)16-29-15-17(13-27)14-28-29/h14-15,18-22,31H,4-12,16H2,1-3H3/t18-,19+,20+,21+,22-,24-,25+,26+/m1/s1. The van der Waals surface area contributed by atoms with Crippen molar-refractivity contribution in [3.05, 3.63) is 18.0 Å². The summed E-state index contributed by atoms with van der Waals surface area (Å²) in [5.74, 6) is 3.19. The van der Waals surface area contributed by atoms with Crippen LogP contribution in [0.3, 0.4) is 0 Å². The molecule has 8 atom stereocenters. The normalized spacial score (nSPS) is 46.5. The van der Waals surface area contributed by atoms with Gasteiger partial charge in [0.15, 0.2) is 5.78 Å². The lowest BCUT2D eigenvalue weighted by atomic mass is 9.44. The average molecular weight is 424 g/mol. The van der Waals surface area contributed by atoms with E-state index in [2.05, 4.69) is 25.0 Å². The molecule has 0 spiro atoms. The molecule has 1 aromatic rings. The predicted octanol–water partition coefficient (Wildman–Crippen LogP) is 4.73. The summed E-state index contributed by atoms with van der Waals surface area (Å²) in [6.07, 6.45) is 13.3. The summed E-state index contributed by atoms with van der Waals surface area (Å²) in [4.78, 5) is 13.3. The van der Waals surface area contributed by atoms with Crippen molar-refractivity contribution < 1.29 is 9.90 Å². The quantitative estimate of drug-likeness (QED) is 0.762. The number of Topliss-reactive ketones (excluding diaryl/α,β-unsaturated/α-hetero) is 1. The number of fused-ring (bicyclic) bond motifs is 5. The molecular weight excluding hydrogens is 386 g/mol. The SMILES string of the molecule is C[C@@]1(O)CC[C@@]2(C)[C@H](CC[C@@H]3[C@@H]2CC[C@]2(C)[C@@H](C(=O)Cn4cc(C#N)cn4)CC[C@@H]32)C1. The summed E-state index contributed by atoms with van der Waals surface area (Å²) < 4.78 is 1.64. The van der Waals surface area contributed by atoms with Crippen LogP contribution < -0.4 is 0 Å². The van der Waals surface area contributed by atoms with Gasteiger partial charge < -0.3 is 5.11 Å². The molecule has 168 valence electrons. The lowest BCUT2D eigenvalue weighted by molar-refractivity contribution is -0.151. The van der Waals surface area contributed by atoms with Gasteiger partial charge in [-0.1, -0.05) is 13.8 Å². The Morgan fingerprint density at radius 1 is 1.13 bits per heavy atom. The second-order valence-electron chi connectivity index (χ2n) is 12.0. The zero-order valence-electron chi connectivity index (χ0n) is 19.3. The molecule has 5 heteroatoms. The van der Waals surface area contributed by atoms with Gasteiger partial charge in [0.05, 0.1) is 23.9 Å². The van der Waals surface area contributed by atoms with Crippen molar-refractivity contribution in [1.82, 2.24) is 9.78 Å². The van der Waals surface area contributed by atoms with Gasteiger partial charge in [0.1, 0.15) is 6.07 Å². The molecule has 0 aliphatic heterocycles. The molecule has 4 saturated carbocycles. The van der Waals surface area contributed by atoms with Gasteiger partial charge in [0.2, 0.25) is 0 Å². The van der Waals surface area contributed by atoms with E-state index in [0.29, 0.717) is 28.6 Å². The third kappa shape index (κ3) is 3.28. The van der Waals surface area contributed by atoms with Gasteiger partial charge in [0.25, 0.3) is 0 Å². The van der Waals surface area contributed by atoms with Crippen molar-refractivity contribution in [3.63, 3.8) is 0 Å². The van der Waals surface area contributed by atoms with E-state index < -0.39 is 5.60 Å². The minimum absolute atomic E-state index is 0.104. The molecular formula is C26H37N3O2. The summed E-state index contributed by atoms with van der Waals surface area (Å²) in [7, 11) is 0. The van der Waals surface area contributed by atoms with Crippen LogP contribution in [0.25, 0.3) is 0 Å². The molecule has 4 fully saturated rings. The monoisotopic (exact) mass is 423 g/mol. The van der Waals surface area contributed by atoms with Gasteiger partial charge in [-0.2, -0.15) is 10.4 Å². The number of carbonyl (C=O) groups is 1. The number of aromatic nitrogens is 2. The van der Waals surface area contributed by atoms with Crippen LogP contribution in [0.15, 0.2) is 12.4 Å². The van der Waals surface area contributed by atoms with Crippen LogP contribution in [0.2, 0.25) is 0 Å². The predicted molar refractivity (Wildman–Crippen MR) is 118 cm³/mol. The molecule has 1 heterocycles. The third-order valence-electron chi connectivity index (χ3n) is 10.4. The van der Waals surface area contributed by atoms with Gasteiger partial charge in [-0.3, -0.25) is 9.48 Å². The number of hydrogen-bond donors (Lipinski definition) is 1. The fourth-order valence-electron chi connectivity index (χ4n) is 8.74. The Hall–Kier alpha value is -1.67. The fourth-order valence-corrected chi connectivity index (χ4v) is 8.74. The minimum Gasteiger partial charge on any atom is -0.390 e. The number of carbonyl (C=O) groups excluding carboxylic acids is 1. The highest BCUT2D eigenvalue weighted by Crippen LogP contribution is 2.68. The maximum atomic E-state index is 13.3. The molecule has 0 bridgehead atoms. The van der Waals surface area contributed by atoms with Crippen molar-refractivity contribution in [1.29, 1.82) is 5.26 Å². The van der Waals surface area contributed by atoms with E-state index in [9.17, 15) is 9.90 Å². The Morgan fingerprint density at radius 2 is 1.90 bits per heavy atom. The Bertz CT molecular complexity index is 914. The number of hydrogen-bond acceptors (Lipinski definition) is 4. The lowest BCUT2D eigenvalue weighted by Gasteiger charge is -2.61. The second-order valence-corrected chi connectivity index (χ2v) is 12.0. The summed E-state index contributed by atoms with van der Waals surface area (Å²) in [5, 5.41) is 23.9. The van der Waals surface area contributed by atoms with Gasteiger partial charge in [-0.05, 0) is 99.2 Å². The van der Waals surface area contributed by atoms with Crippen LogP contribution >= 0.6 is 0 Å². The molecule has 5 nitrogen and oxygen atoms in total. The summed E-state index contributed by atoms with van der Waals surface area (Å²) in [6.45, 7) is 7.24. The van der Waals surface area contributed by atoms with E-state index in [4.69, 9.17) is 5.26 Å². The molecule has 4 aliphatic rings. The van der Waals surface area contributed by atoms with Crippen LogP contribution in [0.5, 0.6) is 0 Å². The maximum Gasteiger partial charge on any atom is 0.157 e. The smallest absolute Gasteiger partial charge is 0.157 e. The Morgan fingerprint density at radius 3 is 2.65 bits per heavy atom. The van der Waals surface area contributed by atoms with Crippen molar-refractivity contribution in [2.45, 2.75) is 90.7 Å². The molecule has 31 heavy (non-hydrogen) atoms. The van der Waals surface area contributed by atoms with Crippen molar-refractivity contribution in [3.8, 4) is 6.07 Å². The van der Waals surface area contributed by atoms with Crippen molar-refractivity contribution in [2.75, 3.05) is 0 Å². The first-order chi connectivity index (χ1) is 14.7. The van der Waals surface area contributed by atoms with E-state index in [-0.39, 0.29) is 17.9 Å². The van der Waals surface area contributed by atoms with E-state index in [1.54, 1.807) is 17.1 Å². The van der Waals surface area contributed by atoms with Crippen molar-refractivity contribution in [2.24, 2.45) is 40.4 Å². The number of rotatable bonds is 3. The maximum absolute atomic E-state index is 13.3. The molecule has 1 aromatic heterocycles. The van der Waals surface area contributed by atoms with Crippen LogP contribution in [0.1, 0.15) is 84.1 Å². The second kappa shape index (κ2) is 7.17. The summed E-state index contributed by atoms with van der Waals surface area (Å²) >= 11 is 0. The van der Waals surface area contributed by atoms with E-state index in [0.717, 1.165) is 43.9 Å². The zero-order valence-corrected chi connectivity index (χ0v) is 19.3. The molecule has 0 radical (unpaired) electrons. The number of ketones is 1. The Kier molecular flexibility index (Phi) is 4.90. The third-order valence-corrected chi connectivity index (χ3v) is 10.4. The first-order valence-corrected chi connectivity index (χ1v) is 12.3. The van der Waals surface area contributed by atoms with E-state index in [1.807, 2.05) is 6.92 Å². The lowest BCUT2D eigenvalue weighted by Crippen LogP contribution is -2.55. The summed E-state index contributed by atoms with van der Waals surface area (Å²) in [6, 6.07) is 2.10. The van der Waals surface area contributed by atoms with Crippen LogP contribution in [0, 0.1) is 51.8 Å². The Balaban J connectivity index is 1.34. The first-order valence-electron chi connectivity index (χ1n) is 12.3. The fraction of sp³-hybridized carbons (Fsp3) is 0.808. The molecule has 0 unspecified atom stereocenters. The molecule has 1 N–H and O–H groups in total. The average Bonchev–Trinajstić information content (AvgIpc) is 3.31. The molecule has 0 saturated heterocycles. The highest BCUT2D eigenvalue weighted by Gasteiger charge is 2.61. The summed E-state index contributed by atoms with van der Waals surface area (Å²) in [5.41, 5.74) is 0.493. The largest absolute Gasteiger partial charge is 0.390 e. The van der Waals surface area contributed by atoms with Crippen LogP contribution in [-0.2, 0) is 11.3 Å². The van der Waals surface area contributed by atoms with Crippen molar-refractivity contribution >= 4 is 5.78 Å². The topological polar surface area (TPSA) is 78.9 Å². The Labute approximate surface area is 186 Å². The van der Waals surface area contributed by atoms with E-state index in [1.165, 1.54) is 25.7 Å². The molecule has 5 rings (SSSR count). The minimum atomic E-state index is -0.483. The molecule has 0 aromatic carbocycles. The highest BCUT2D eigenvalue weighted by molar-refractivity contribution is 5.82. The first kappa shape index (κ1) is 21.2. The van der Waals surface area contributed by atoms with Gasteiger partial charge in [-0.25, -0.2) is 0 Å². The molecule has 0 amide bonds. The van der Waals surface area contributed by atoms with E-state index >= 15 is 0 Å².